The van der Waals surface area contributed by atoms with Crippen molar-refractivity contribution in [3.05, 3.63) is 154 Å². The fourth-order valence-corrected chi connectivity index (χ4v) is 7.09. The third-order valence-corrected chi connectivity index (χ3v) is 8.67. The molecule has 2 aliphatic carbocycles. The molecule has 36 heavy (non-hydrogen) atoms. The van der Waals surface area contributed by atoms with Crippen LogP contribution in [0.15, 0.2) is 132 Å². The summed E-state index contributed by atoms with van der Waals surface area (Å²) >= 11 is 3.64. The van der Waals surface area contributed by atoms with Gasteiger partial charge in [-0.05, 0) is 84.6 Å². The van der Waals surface area contributed by atoms with Crippen molar-refractivity contribution in [1.82, 2.24) is 0 Å². The van der Waals surface area contributed by atoms with Crippen molar-refractivity contribution in [2.45, 2.75) is 5.41 Å². The summed E-state index contributed by atoms with van der Waals surface area (Å²) in [6.45, 7) is 0. The predicted molar refractivity (Wildman–Crippen MR) is 153 cm³/mol. The largest absolute Gasteiger partial charge is 0.0725 e. The molecule has 0 aromatic heterocycles. The van der Waals surface area contributed by atoms with Gasteiger partial charge in [-0.1, -0.05) is 125 Å². The van der Waals surface area contributed by atoms with Crippen LogP contribution in [0.1, 0.15) is 22.3 Å². The molecule has 0 heterocycles. The van der Waals surface area contributed by atoms with Crippen molar-refractivity contribution >= 4 is 26.7 Å². The van der Waals surface area contributed by atoms with Crippen molar-refractivity contribution in [2.24, 2.45) is 0 Å². The molecule has 0 fully saturated rings. The Bertz CT molecular complexity index is 1800. The maximum Gasteiger partial charge on any atom is 0.0725 e. The summed E-state index contributed by atoms with van der Waals surface area (Å²) in [6, 6.07) is 47.2. The normalized spacial score (nSPS) is 13.9. The molecule has 0 amide bonds. The first-order valence-electron chi connectivity index (χ1n) is 12.4. The number of halogens is 1. The summed E-state index contributed by atoms with van der Waals surface area (Å²) < 4.78 is 1.10. The smallest absolute Gasteiger partial charge is 0.0619 e. The highest BCUT2D eigenvalue weighted by Crippen LogP contribution is 2.64. The van der Waals surface area contributed by atoms with E-state index < -0.39 is 0 Å². The molecule has 0 radical (unpaired) electrons. The quantitative estimate of drug-likeness (QED) is 0.202. The van der Waals surface area contributed by atoms with Gasteiger partial charge >= 0.3 is 0 Å². The summed E-state index contributed by atoms with van der Waals surface area (Å²) in [5.41, 5.74) is 13.2. The van der Waals surface area contributed by atoms with Gasteiger partial charge in [0.25, 0.3) is 0 Å². The lowest BCUT2D eigenvalue weighted by molar-refractivity contribution is 0.795. The van der Waals surface area contributed by atoms with Crippen LogP contribution in [0.2, 0.25) is 0 Å². The van der Waals surface area contributed by atoms with E-state index in [9.17, 15) is 0 Å². The Balaban J connectivity index is 1.62. The minimum Gasteiger partial charge on any atom is -0.0619 e. The van der Waals surface area contributed by atoms with Crippen LogP contribution in [0.5, 0.6) is 0 Å². The van der Waals surface area contributed by atoms with E-state index in [0.29, 0.717) is 0 Å². The van der Waals surface area contributed by atoms with Crippen LogP contribution in [0.4, 0.5) is 0 Å². The fourth-order valence-electron chi connectivity index (χ4n) is 6.83. The molecule has 0 unspecified atom stereocenters. The number of hydrogen-bond acceptors (Lipinski definition) is 0. The van der Waals surface area contributed by atoms with Crippen LogP contribution < -0.4 is 0 Å². The third-order valence-electron chi connectivity index (χ3n) is 8.14. The summed E-state index contributed by atoms with van der Waals surface area (Å²) in [4.78, 5) is 0. The van der Waals surface area contributed by atoms with Gasteiger partial charge in [-0.2, -0.15) is 0 Å². The van der Waals surface area contributed by atoms with Gasteiger partial charge in [0.1, 0.15) is 0 Å². The lowest BCUT2D eigenvalue weighted by atomic mass is 9.70. The van der Waals surface area contributed by atoms with Gasteiger partial charge in [0.15, 0.2) is 0 Å². The van der Waals surface area contributed by atoms with Crippen molar-refractivity contribution in [2.75, 3.05) is 0 Å². The highest BCUT2D eigenvalue weighted by atomic mass is 79.9. The van der Waals surface area contributed by atoms with E-state index in [2.05, 4.69) is 143 Å². The molecule has 2 aliphatic rings. The first-order valence-corrected chi connectivity index (χ1v) is 13.2. The molecule has 8 rings (SSSR count). The van der Waals surface area contributed by atoms with Gasteiger partial charge in [-0.3, -0.25) is 0 Å². The monoisotopic (exact) mass is 520 g/mol. The minimum atomic E-state index is -0.326. The Morgan fingerprint density at radius 2 is 0.972 bits per heavy atom. The van der Waals surface area contributed by atoms with Crippen LogP contribution in [0.3, 0.4) is 0 Å². The first-order chi connectivity index (χ1) is 17.8. The van der Waals surface area contributed by atoms with E-state index in [4.69, 9.17) is 0 Å². The molecule has 0 N–H and O–H groups in total. The number of hydrogen-bond donors (Lipinski definition) is 0. The maximum atomic E-state index is 3.64. The summed E-state index contributed by atoms with van der Waals surface area (Å²) in [7, 11) is 0. The van der Waals surface area contributed by atoms with Crippen LogP contribution in [0, 0.1) is 0 Å². The van der Waals surface area contributed by atoms with Crippen molar-refractivity contribution in [1.29, 1.82) is 0 Å². The van der Waals surface area contributed by atoms with Crippen molar-refractivity contribution in [3.63, 3.8) is 0 Å². The topological polar surface area (TPSA) is 0 Å². The van der Waals surface area contributed by atoms with Crippen LogP contribution in [-0.4, -0.2) is 0 Å². The van der Waals surface area contributed by atoms with Crippen LogP contribution in [-0.2, 0) is 5.41 Å². The molecule has 6 aromatic carbocycles. The van der Waals surface area contributed by atoms with Gasteiger partial charge in [0.2, 0.25) is 0 Å². The zero-order chi connectivity index (χ0) is 23.9. The van der Waals surface area contributed by atoms with Gasteiger partial charge < -0.3 is 0 Å². The third kappa shape index (κ3) is 2.44. The Morgan fingerprint density at radius 3 is 1.64 bits per heavy atom. The van der Waals surface area contributed by atoms with Crippen LogP contribution >= 0.6 is 15.9 Å². The molecule has 1 spiro atoms. The molecular weight excluding hydrogens is 500 g/mol. The molecule has 6 aromatic rings. The second-order valence-corrected chi connectivity index (χ2v) is 10.7. The Kier molecular flexibility index (Phi) is 4.10. The highest BCUT2D eigenvalue weighted by Gasteiger charge is 2.52. The van der Waals surface area contributed by atoms with E-state index in [1.807, 2.05) is 0 Å². The van der Waals surface area contributed by atoms with E-state index in [1.54, 1.807) is 0 Å². The number of rotatable bonds is 1. The zero-order valence-electron chi connectivity index (χ0n) is 19.5. The Morgan fingerprint density at radius 1 is 0.444 bits per heavy atom. The fraction of sp³-hybridized carbons (Fsp3) is 0.0286. The second-order valence-electron chi connectivity index (χ2n) is 9.79. The summed E-state index contributed by atoms with van der Waals surface area (Å²) in [5, 5.41) is 2.58. The minimum absolute atomic E-state index is 0.326. The molecule has 0 bridgehead atoms. The number of fused-ring (bicyclic) bond motifs is 11. The standard InChI is InChI=1S/C35H21Br/c36-24-19-17-22(18-20-24)33-25-10-2-1-9-23(25)21-32-34(33)28-13-5-8-16-31(28)35(32)29-14-6-3-11-26(29)27-12-4-7-15-30(27)35/h1-21H. The van der Waals surface area contributed by atoms with Gasteiger partial charge in [-0.25, -0.2) is 0 Å². The van der Waals surface area contributed by atoms with E-state index in [1.165, 1.54) is 66.4 Å². The molecular formula is C35H21Br. The van der Waals surface area contributed by atoms with E-state index in [0.717, 1.165) is 4.47 Å². The summed E-state index contributed by atoms with van der Waals surface area (Å²) in [6.07, 6.45) is 0. The summed E-state index contributed by atoms with van der Waals surface area (Å²) in [5.74, 6) is 0. The average Bonchev–Trinajstić information content (AvgIpc) is 3.40. The molecule has 0 nitrogen and oxygen atoms in total. The average molecular weight is 521 g/mol. The van der Waals surface area contributed by atoms with Crippen molar-refractivity contribution < 1.29 is 0 Å². The molecule has 1 heteroatoms. The lowest BCUT2D eigenvalue weighted by Gasteiger charge is -2.31. The Labute approximate surface area is 219 Å². The van der Waals surface area contributed by atoms with Gasteiger partial charge in [-0.15, -0.1) is 0 Å². The van der Waals surface area contributed by atoms with Crippen LogP contribution in [0.25, 0.3) is 44.2 Å². The molecule has 168 valence electrons. The SMILES string of the molecule is Brc1ccc(-c2c3c(cc4ccccc24)C2(c4ccccc4-c4ccccc42)c2ccccc2-3)cc1. The Hall–Kier alpha value is -3.94. The lowest BCUT2D eigenvalue weighted by Crippen LogP contribution is -2.25. The number of benzene rings is 6. The van der Waals surface area contributed by atoms with Crippen molar-refractivity contribution in [3.8, 4) is 33.4 Å². The van der Waals surface area contributed by atoms with E-state index >= 15 is 0 Å². The molecule has 0 atom stereocenters. The molecule has 0 saturated heterocycles. The first kappa shape index (κ1) is 20.3. The van der Waals surface area contributed by atoms with E-state index in [-0.39, 0.29) is 5.41 Å². The second kappa shape index (κ2) is 7.29. The highest BCUT2D eigenvalue weighted by molar-refractivity contribution is 9.10. The molecule has 0 aliphatic heterocycles. The predicted octanol–water partition coefficient (Wildman–Crippen LogP) is 9.61. The zero-order valence-corrected chi connectivity index (χ0v) is 21.1. The maximum absolute atomic E-state index is 3.64. The van der Waals surface area contributed by atoms with Gasteiger partial charge in [0, 0.05) is 4.47 Å². The van der Waals surface area contributed by atoms with Gasteiger partial charge in [0.05, 0.1) is 5.41 Å². The molecule has 0 saturated carbocycles.